The molecule has 2 nitrogen and oxygen atoms in total. The summed E-state index contributed by atoms with van der Waals surface area (Å²) < 4.78 is 0. The van der Waals surface area contributed by atoms with E-state index in [1.54, 1.807) is 0 Å². The summed E-state index contributed by atoms with van der Waals surface area (Å²) >= 11 is 0. The summed E-state index contributed by atoms with van der Waals surface area (Å²) in [6, 6.07) is 0.874. The number of hydrogen-bond donors (Lipinski definition) is 1. The van der Waals surface area contributed by atoms with Gasteiger partial charge in [0, 0.05) is 12.6 Å². The highest BCUT2D eigenvalue weighted by molar-refractivity contribution is 4.91. The first-order chi connectivity index (χ1) is 5.92. The molecule has 2 saturated heterocycles. The molecule has 0 aromatic rings. The molecular formula is C10H20N2. The molecule has 0 aromatic heterocycles. The van der Waals surface area contributed by atoms with Crippen molar-refractivity contribution in [3.8, 4) is 0 Å². The van der Waals surface area contributed by atoms with Crippen molar-refractivity contribution in [3.05, 3.63) is 0 Å². The van der Waals surface area contributed by atoms with E-state index in [0.29, 0.717) is 0 Å². The number of rotatable bonds is 2. The van der Waals surface area contributed by atoms with Gasteiger partial charge in [-0.1, -0.05) is 6.92 Å². The number of piperidine rings is 1. The monoisotopic (exact) mass is 168 g/mol. The molecule has 70 valence electrons. The van der Waals surface area contributed by atoms with Gasteiger partial charge in [-0.05, 0) is 44.8 Å². The maximum atomic E-state index is 3.50. The molecule has 2 rings (SSSR count). The molecule has 2 fully saturated rings. The standard InChI is InChI=1S/C10H20N2/c1-2-6-12-7-4-9-3-5-11-8-10(9)12/h9-11H,2-8H2,1H3. The Labute approximate surface area is 75.3 Å². The second kappa shape index (κ2) is 3.75. The molecule has 0 amide bonds. The molecule has 1 N–H and O–H groups in total. The molecule has 0 saturated carbocycles. The zero-order valence-electron chi connectivity index (χ0n) is 8.05. The second-order valence-electron chi connectivity index (χ2n) is 4.14. The molecular weight excluding hydrogens is 148 g/mol. The number of nitrogens with one attached hydrogen (secondary N) is 1. The van der Waals surface area contributed by atoms with Crippen LogP contribution in [0.2, 0.25) is 0 Å². The quantitative estimate of drug-likeness (QED) is 0.664. The average molecular weight is 168 g/mol. The van der Waals surface area contributed by atoms with Gasteiger partial charge in [-0.2, -0.15) is 0 Å². The van der Waals surface area contributed by atoms with E-state index in [-0.39, 0.29) is 0 Å². The minimum atomic E-state index is 0.874. The Morgan fingerprint density at radius 2 is 2.33 bits per heavy atom. The van der Waals surface area contributed by atoms with E-state index in [9.17, 15) is 0 Å². The Morgan fingerprint density at radius 3 is 3.17 bits per heavy atom. The molecule has 2 aliphatic heterocycles. The number of nitrogens with zero attached hydrogens (tertiary/aromatic N) is 1. The minimum Gasteiger partial charge on any atom is -0.315 e. The van der Waals surface area contributed by atoms with Crippen LogP contribution in [0.15, 0.2) is 0 Å². The normalized spacial score (nSPS) is 36.8. The Bertz CT molecular complexity index is 147. The van der Waals surface area contributed by atoms with Crippen LogP contribution in [0.5, 0.6) is 0 Å². The highest BCUT2D eigenvalue weighted by atomic mass is 15.2. The first-order valence-corrected chi connectivity index (χ1v) is 5.36. The summed E-state index contributed by atoms with van der Waals surface area (Å²) in [4.78, 5) is 2.68. The first kappa shape index (κ1) is 8.52. The van der Waals surface area contributed by atoms with Gasteiger partial charge in [-0.3, -0.25) is 4.90 Å². The Morgan fingerprint density at radius 1 is 1.42 bits per heavy atom. The van der Waals surface area contributed by atoms with E-state index in [0.717, 1.165) is 12.0 Å². The highest BCUT2D eigenvalue weighted by Gasteiger charge is 2.34. The maximum Gasteiger partial charge on any atom is 0.0249 e. The van der Waals surface area contributed by atoms with Crippen molar-refractivity contribution in [3.63, 3.8) is 0 Å². The largest absolute Gasteiger partial charge is 0.315 e. The van der Waals surface area contributed by atoms with Crippen molar-refractivity contribution >= 4 is 0 Å². The van der Waals surface area contributed by atoms with Gasteiger partial charge in [0.15, 0.2) is 0 Å². The first-order valence-electron chi connectivity index (χ1n) is 5.36. The molecule has 0 radical (unpaired) electrons. The van der Waals surface area contributed by atoms with Crippen LogP contribution in [0.25, 0.3) is 0 Å². The summed E-state index contributed by atoms with van der Waals surface area (Å²) in [7, 11) is 0. The van der Waals surface area contributed by atoms with Crippen molar-refractivity contribution < 1.29 is 0 Å². The SMILES string of the molecule is CCCN1CCC2CCNCC21. The molecule has 0 bridgehead atoms. The van der Waals surface area contributed by atoms with Gasteiger partial charge in [-0.25, -0.2) is 0 Å². The second-order valence-corrected chi connectivity index (χ2v) is 4.14. The van der Waals surface area contributed by atoms with Crippen molar-refractivity contribution in [2.75, 3.05) is 26.2 Å². The molecule has 2 atom stereocenters. The maximum absolute atomic E-state index is 3.50. The topological polar surface area (TPSA) is 15.3 Å². The molecule has 2 aliphatic rings. The van der Waals surface area contributed by atoms with Gasteiger partial charge in [0.1, 0.15) is 0 Å². The van der Waals surface area contributed by atoms with Gasteiger partial charge in [-0.15, -0.1) is 0 Å². The van der Waals surface area contributed by atoms with Crippen LogP contribution in [0.4, 0.5) is 0 Å². The van der Waals surface area contributed by atoms with Gasteiger partial charge < -0.3 is 5.32 Å². The Hall–Kier alpha value is -0.0800. The lowest BCUT2D eigenvalue weighted by atomic mass is 9.93. The van der Waals surface area contributed by atoms with Crippen LogP contribution < -0.4 is 5.32 Å². The molecule has 0 aliphatic carbocycles. The van der Waals surface area contributed by atoms with Crippen molar-refractivity contribution in [1.82, 2.24) is 10.2 Å². The third-order valence-corrected chi connectivity index (χ3v) is 3.36. The fraction of sp³-hybridized carbons (Fsp3) is 1.00. The fourth-order valence-corrected chi connectivity index (χ4v) is 2.72. The third kappa shape index (κ3) is 1.50. The number of hydrogen-bond acceptors (Lipinski definition) is 2. The average Bonchev–Trinajstić information content (AvgIpc) is 2.50. The molecule has 12 heavy (non-hydrogen) atoms. The third-order valence-electron chi connectivity index (χ3n) is 3.36. The molecule has 2 heteroatoms. The molecule has 2 heterocycles. The van der Waals surface area contributed by atoms with Crippen LogP contribution in [0.1, 0.15) is 26.2 Å². The lowest BCUT2D eigenvalue weighted by Crippen LogP contribution is -2.45. The lowest BCUT2D eigenvalue weighted by molar-refractivity contribution is 0.195. The summed E-state index contributed by atoms with van der Waals surface area (Å²) in [6.45, 7) is 7.43. The minimum absolute atomic E-state index is 0.874. The summed E-state index contributed by atoms with van der Waals surface area (Å²) in [6.07, 6.45) is 4.17. The van der Waals surface area contributed by atoms with Crippen LogP contribution >= 0.6 is 0 Å². The zero-order valence-corrected chi connectivity index (χ0v) is 8.05. The summed E-state index contributed by atoms with van der Waals surface area (Å²) in [5, 5.41) is 3.50. The van der Waals surface area contributed by atoms with Gasteiger partial charge in [0.05, 0.1) is 0 Å². The van der Waals surface area contributed by atoms with Crippen molar-refractivity contribution in [1.29, 1.82) is 0 Å². The van der Waals surface area contributed by atoms with Gasteiger partial charge in [0.2, 0.25) is 0 Å². The summed E-state index contributed by atoms with van der Waals surface area (Å²) in [5.74, 6) is 1.01. The van der Waals surface area contributed by atoms with Crippen LogP contribution in [-0.2, 0) is 0 Å². The molecule has 0 aromatic carbocycles. The smallest absolute Gasteiger partial charge is 0.0249 e. The van der Waals surface area contributed by atoms with E-state index in [1.807, 2.05) is 0 Å². The molecule has 2 unspecified atom stereocenters. The highest BCUT2D eigenvalue weighted by Crippen LogP contribution is 2.28. The number of likely N-dealkylation sites (tertiary alicyclic amines) is 1. The van der Waals surface area contributed by atoms with Gasteiger partial charge in [0.25, 0.3) is 0 Å². The van der Waals surface area contributed by atoms with Crippen LogP contribution in [-0.4, -0.2) is 37.1 Å². The summed E-state index contributed by atoms with van der Waals surface area (Å²) in [5.41, 5.74) is 0. The lowest BCUT2D eigenvalue weighted by Gasteiger charge is -2.32. The van der Waals surface area contributed by atoms with E-state index in [4.69, 9.17) is 0 Å². The van der Waals surface area contributed by atoms with E-state index in [2.05, 4.69) is 17.1 Å². The van der Waals surface area contributed by atoms with Crippen LogP contribution in [0.3, 0.4) is 0 Å². The molecule has 0 spiro atoms. The van der Waals surface area contributed by atoms with Crippen molar-refractivity contribution in [2.45, 2.75) is 32.2 Å². The Balaban J connectivity index is 1.92. The number of fused-ring (bicyclic) bond motifs is 1. The fourth-order valence-electron chi connectivity index (χ4n) is 2.72. The van der Waals surface area contributed by atoms with Crippen molar-refractivity contribution in [2.24, 2.45) is 5.92 Å². The predicted octanol–water partition coefficient (Wildman–Crippen LogP) is 1.08. The van der Waals surface area contributed by atoms with E-state index < -0.39 is 0 Å². The Kier molecular flexibility index (Phi) is 2.66. The van der Waals surface area contributed by atoms with Crippen LogP contribution in [0, 0.1) is 5.92 Å². The van der Waals surface area contributed by atoms with E-state index >= 15 is 0 Å². The zero-order chi connectivity index (χ0) is 8.39. The van der Waals surface area contributed by atoms with Gasteiger partial charge >= 0.3 is 0 Å². The van der Waals surface area contributed by atoms with E-state index in [1.165, 1.54) is 45.4 Å². The predicted molar refractivity (Wildman–Crippen MR) is 51.2 cm³/mol.